The topological polar surface area (TPSA) is 125 Å². The van der Waals surface area contributed by atoms with Crippen molar-refractivity contribution in [2.24, 2.45) is 5.73 Å². The number of carbonyl (C=O) groups excluding carboxylic acids is 2. The average molecular weight is 378 g/mol. The molecule has 0 radical (unpaired) electrons. The number of primary amides is 1. The molecule has 9 heteroatoms. The third-order valence-corrected chi connectivity index (χ3v) is 4.56. The molecule has 0 unspecified atom stereocenters. The average Bonchev–Trinajstić information content (AvgIpc) is 2.60. The minimum absolute atomic E-state index is 0.0393. The van der Waals surface area contributed by atoms with Gasteiger partial charge in [0.15, 0.2) is 6.61 Å². The molecular formula is C17H18N2O6S. The van der Waals surface area contributed by atoms with Crippen LogP contribution in [0.1, 0.15) is 17.3 Å². The number of anilines is 1. The fourth-order valence-corrected chi connectivity index (χ4v) is 3.11. The summed E-state index contributed by atoms with van der Waals surface area (Å²) in [6.07, 6.45) is 0. The second kappa shape index (κ2) is 8.34. The van der Waals surface area contributed by atoms with Gasteiger partial charge in [-0.15, -0.1) is 0 Å². The number of esters is 1. The van der Waals surface area contributed by atoms with Crippen LogP contribution in [0.5, 0.6) is 5.75 Å². The molecule has 0 fully saturated rings. The van der Waals surface area contributed by atoms with Crippen LogP contribution < -0.4 is 15.2 Å². The molecule has 0 aromatic heterocycles. The van der Waals surface area contributed by atoms with E-state index in [1.807, 2.05) is 0 Å². The maximum absolute atomic E-state index is 12.5. The van der Waals surface area contributed by atoms with E-state index in [9.17, 15) is 18.0 Å². The van der Waals surface area contributed by atoms with Crippen LogP contribution in [0.15, 0.2) is 53.4 Å². The van der Waals surface area contributed by atoms with E-state index >= 15 is 0 Å². The van der Waals surface area contributed by atoms with Gasteiger partial charge >= 0.3 is 5.97 Å². The van der Waals surface area contributed by atoms with Crippen molar-refractivity contribution in [3.8, 4) is 5.75 Å². The highest BCUT2D eigenvalue weighted by Crippen LogP contribution is 2.22. The van der Waals surface area contributed by atoms with Gasteiger partial charge in [0.1, 0.15) is 5.75 Å². The molecule has 3 N–H and O–H groups in total. The van der Waals surface area contributed by atoms with E-state index in [0.29, 0.717) is 5.75 Å². The summed E-state index contributed by atoms with van der Waals surface area (Å²) in [7, 11) is -3.94. The molecule has 0 spiro atoms. The molecule has 0 atom stereocenters. The van der Waals surface area contributed by atoms with Crippen molar-refractivity contribution in [3.05, 3.63) is 54.1 Å². The van der Waals surface area contributed by atoms with Crippen molar-refractivity contribution >= 4 is 27.6 Å². The monoisotopic (exact) mass is 378 g/mol. The van der Waals surface area contributed by atoms with E-state index in [1.165, 1.54) is 36.4 Å². The largest absolute Gasteiger partial charge is 0.484 e. The quantitative estimate of drug-likeness (QED) is 0.671. The molecular weight excluding hydrogens is 360 g/mol. The van der Waals surface area contributed by atoms with Gasteiger partial charge in [0.25, 0.3) is 15.9 Å². The van der Waals surface area contributed by atoms with Crippen molar-refractivity contribution < 1.29 is 27.5 Å². The first kappa shape index (κ1) is 19.3. The zero-order valence-corrected chi connectivity index (χ0v) is 14.8. The van der Waals surface area contributed by atoms with Gasteiger partial charge in [-0.25, -0.2) is 13.2 Å². The van der Waals surface area contributed by atoms with Gasteiger partial charge in [-0.1, -0.05) is 12.1 Å². The van der Waals surface area contributed by atoms with Crippen molar-refractivity contribution in [1.29, 1.82) is 0 Å². The van der Waals surface area contributed by atoms with Crippen LogP contribution >= 0.6 is 0 Å². The minimum Gasteiger partial charge on any atom is -0.484 e. The molecule has 0 aliphatic carbocycles. The summed E-state index contributed by atoms with van der Waals surface area (Å²) >= 11 is 0. The van der Waals surface area contributed by atoms with Crippen molar-refractivity contribution in [2.75, 3.05) is 17.9 Å². The lowest BCUT2D eigenvalue weighted by atomic mass is 10.2. The van der Waals surface area contributed by atoms with E-state index < -0.39 is 21.9 Å². The van der Waals surface area contributed by atoms with Crippen LogP contribution in [0.4, 0.5) is 5.69 Å². The number of sulfonamides is 1. The number of para-hydroxylation sites is 1. The third kappa shape index (κ3) is 4.96. The summed E-state index contributed by atoms with van der Waals surface area (Å²) in [5.74, 6) is -0.963. The zero-order chi connectivity index (χ0) is 19.2. The van der Waals surface area contributed by atoms with E-state index in [0.717, 1.165) is 0 Å². The molecule has 0 bridgehead atoms. The lowest BCUT2D eigenvalue weighted by Crippen LogP contribution is -2.20. The van der Waals surface area contributed by atoms with Crippen molar-refractivity contribution in [2.45, 2.75) is 11.8 Å². The standard InChI is InChI=1S/C17H18N2O6S/c1-2-24-17(21)14-5-3-4-6-15(14)19-26(22,23)13-9-7-12(8-10-13)25-11-16(18)20/h3-10,19H,2,11H2,1H3,(H2,18,20). The molecule has 0 heterocycles. The molecule has 2 aromatic carbocycles. The number of rotatable bonds is 8. The molecule has 0 saturated heterocycles. The number of hydrogen-bond donors (Lipinski definition) is 2. The molecule has 138 valence electrons. The highest BCUT2D eigenvalue weighted by molar-refractivity contribution is 7.92. The highest BCUT2D eigenvalue weighted by Gasteiger charge is 2.19. The second-order valence-electron chi connectivity index (χ2n) is 5.10. The Morgan fingerprint density at radius 1 is 1.08 bits per heavy atom. The summed E-state index contributed by atoms with van der Waals surface area (Å²) in [6, 6.07) is 11.6. The van der Waals surface area contributed by atoms with E-state index in [4.69, 9.17) is 15.2 Å². The van der Waals surface area contributed by atoms with Crippen LogP contribution in [0.25, 0.3) is 0 Å². The minimum atomic E-state index is -3.94. The van der Waals surface area contributed by atoms with Gasteiger partial charge in [0.2, 0.25) is 0 Å². The first-order chi connectivity index (χ1) is 12.3. The fraction of sp³-hybridized carbons (Fsp3) is 0.176. The van der Waals surface area contributed by atoms with Crippen LogP contribution in [-0.4, -0.2) is 33.5 Å². The van der Waals surface area contributed by atoms with Crippen LogP contribution in [0.2, 0.25) is 0 Å². The van der Waals surface area contributed by atoms with Crippen LogP contribution in [0.3, 0.4) is 0 Å². The predicted molar refractivity (Wildman–Crippen MR) is 94.3 cm³/mol. The number of nitrogens with two attached hydrogens (primary N) is 1. The number of amides is 1. The molecule has 1 amide bonds. The fourth-order valence-electron chi connectivity index (χ4n) is 2.03. The van der Waals surface area contributed by atoms with E-state index in [-0.39, 0.29) is 29.4 Å². The Balaban J connectivity index is 2.21. The number of benzene rings is 2. The van der Waals surface area contributed by atoms with E-state index in [2.05, 4.69) is 4.72 Å². The Labute approximate surface area is 151 Å². The molecule has 2 aromatic rings. The van der Waals surface area contributed by atoms with Gasteiger partial charge in [0, 0.05) is 0 Å². The van der Waals surface area contributed by atoms with Crippen LogP contribution in [-0.2, 0) is 19.6 Å². The first-order valence-corrected chi connectivity index (χ1v) is 9.12. The zero-order valence-electron chi connectivity index (χ0n) is 14.0. The van der Waals surface area contributed by atoms with Crippen LogP contribution in [0, 0.1) is 0 Å². The SMILES string of the molecule is CCOC(=O)c1ccccc1NS(=O)(=O)c1ccc(OCC(N)=O)cc1. The third-order valence-electron chi connectivity index (χ3n) is 3.18. The molecule has 0 aliphatic rings. The number of carbonyl (C=O) groups is 2. The van der Waals surface area contributed by atoms with Crippen molar-refractivity contribution in [3.63, 3.8) is 0 Å². The molecule has 0 saturated carbocycles. The smallest absolute Gasteiger partial charge is 0.340 e. The Morgan fingerprint density at radius 3 is 2.35 bits per heavy atom. The summed E-state index contributed by atoms with van der Waals surface area (Å²) in [5.41, 5.74) is 5.20. The summed E-state index contributed by atoms with van der Waals surface area (Å²) in [5, 5.41) is 0. The Morgan fingerprint density at radius 2 is 1.73 bits per heavy atom. The van der Waals surface area contributed by atoms with Gasteiger partial charge in [-0.2, -0.15) is 0 Å². The lowest BCUT2D eigenvalue weighted by Gasteiger charge is -2.12. The first-order valence-electron chi connectivity index (χ1n) is 7.63. The van der Waals surface area contributed by atoms with E-state index in [1.54, 1.807) is 19.1 Å². The van der Waals surface area contributed by atoms with Gasteiger partial charge in [-0.3, -0.25) is 9.52 Å². The highest BCUT2D eigenvalue weighted by atomic mass is 32.2. The molecule has 0 aliphatic heterocycles. The Bertz CT molecular complexity index is 894. The van der Waals surface area contributed by atoms with Gasteiger partial charge in [0.05, 0.1) is 22.8 Å². The maximum atomic E-state index is 12.5. The Hall–Kier alpha value is -3.07. The van der Waals surface area contributed by atoms with Crippen molar-refractivity contribution in [1.82, 2.24) is 0 Å². The Kier molecular flexibility index (Phi) is 6.18. The number of ether oxygens (including phenoxy) is 2. The summed E-state index contributed by atoms with van der Waals surface area (Å²) in [6.45, 7) is 1.52. The maximum Gasteiger partial charge on any atom is 0.340 e. The summed E-state index contributed by atoms with van der Waals surface area (Å²) in [4.78, 5) is 22.6. The number of nitrogens with one attached hydrogen (secondary N) is 1. The van der Waals surface area contributed by atoms with Gasteiger partial charge < -0.3 is 15.2 Å². The normalized spacial score (nSPS) is 10.8. The predicted octanol–water partition coefficient (Wildman–Crippen LogP) is 1.53. The molecule has 26 heavy (non-hydrogen) atoms. The molecule has 8 nitrogen and oxygen atoms in total. The molecule has 2 rings (SSSR count). The lowest BCUT2D eigenvalue weighted by molar-refractivity contribution is -0.119. The number of hydrogen-bond acceptors (Lipinski definition) is 6. The summed E-state index contributed by atoms with van der Waals surface area (Å²) < 4.78 is 37.4. The van der Waals surface area contributed by atoms with Gasteiger partial charge in [-0.05, 0) is 43.3 Å². The second-order valence-corrected chi connectivity index (χ2v) is 6.78.